The van der Waals surface area contributed by atoms with E-state index < -0.39 is 0 Å². The highest BCUT2D eigenvalue weighted by Crippen LogP contribution is 2.17. The largest absolute Gasteiger partial charge is 0.264 e. The van der Waals surface area contributed by atoms with Gasteiger partial charge in [0.1, 0.15) is 11.0 Å². The third-order valence-corrected chi connectivity index (χ3v) is 2.76. The summed E-state index contributed by atoms with van der Waals surface area (Å²) in [4.78, 5) is 12.6. The van der Waals surface area contributed by atoms with Gasteiger partial charge in [-0.25, -0.2) is 9.97 Å². The summed E-state index contributed by atoms with van der Waals surface area (Å²) in [5.41, 5.74) is 3.03. The van der Waals surface area contributed by atoms with Crippen LogP contribution in [0, 0.1) is 13.8 Å². The Bertz CT molecular complexity index is 497. The van der Waals surface area contributed by atoms with Gasteiger partial charge in [-0.15, -0.1) is 0 Å². The molecular formula is C12H12ClN3. The molecule has 0 unspecified atom stereocenters. The van der Waals surface area contributed by atoms with E-state index in [1.54, 1.807) is 6.20 Å². The molecule has 0 atom stereocenters. The minimum atomic E-state index is 0.534. The average Bonchev–Trinajstić information content (AvgIpc) is 2.27. The van der Waals surface area contributed by atoms with Crippen LogP contribution in [-0.2, 0) is 6.42 Å². The van der Waals surface area contributed by atoms with Crippen molar-refractivity contribution in [2.75, 3.05) is 0 Å². The van der Waals surface area contributed by atoms with Crippen LogP contribution in [0.4, 0.5) is 0 Å². The topological polar surface area (TPSA) is 38.7 Å². The van der Waals surface area contributed by atoms with Crippen LogP contribution in [0.5, 0.6) is 0 Å². The molecule has 0 fully saturated rings. The number of hydrogen-bond donors (Lipinski definition) is 0. The fourth-order valence-corrected chi connectivity index (χ4v) is 1.75. The quantitative estimate of drug-likeness (QED) is 0.749. The van der Waals surface area contributed by atoms with Gasteiger partial charge in [-0.05, 0) is 25.5 Å². The summed E-state index contributed by atoms with van der Waals surface area (Å²) in [7, 11) is 0. The van der Waals surface area contributed by atoms with Crippen molar-refractivity contribution >= 4 is 11.6 Å². The zero-order chi connectivity index (χ0) is 11.5. The van der Waals surface area contributed by atoms with Crippen LogP contribution >= 0.6 is 11.6 Å². The number of hydrogen-bond acceptors (Lipinski definition) is 3. The lowest BCUT2D eigenvalue weighted by Gasteiger charge is -2.07. The smallest absolute Gasteiger partial charge is 0.135 e. The van der Waals surface area contributed by atoms with E-state index in [9.17, 15) is 0 Å². The molecule has 0 aliphatic heterocycles. The van der Waals surface area contributed by atoms with Crippen LogP contribution in [-0.4, -0.2) is 15.0 Å². The van der Waals surface area contributed by atoms with Gasteiger partial charge in [0.15, 0.2) is 0 Å². The number of pyridine rings is 1. The molecule has 0 aliphatic carbocycles. The van der Waals surface area contributed by atoms with Gasteiger partial charge in [0.2, 0.25) is 0 Å². The van der Waals surface area contributed by atoms with Crippen LogP contribution < -0.4 is 0 Å². The monoisotopic (exact) mass is 233 g/mol. The third kappa shape index (κ3) is 2.36. The fraction of sp³-hybridized carbons (Fsp3) is 0.250. The maximum Gasteiger partial charge on any atom is 0.135 e. The first-order valence-corrected chi connectivity index (χ1v) is 5.43. The molecule has 3 nitrogen and oxygen atoms in total. The molecule has 82 valence electrons. The molecule has 0 aliphatic rings. The van der Waals surface area contributed by atoms with Crippen molar-refractivity contribution in [3.8, 4) is 0 Å². The first-order valence-electron chi connectivity index (χ1n) is 5.05. The zero-order valence-electron chi connectivity index (χ0n) is 9.24. The van der Waals surface area contributed by atoms with Crippen molar-refractivity contribution in [2.24, 2.45) is 0 Å². The molecule has 2 heterocycles. The maximum absolute atomic E-state index is 6.02. The molecular weight excluding hydrogens is 222 g/mol. The number of aryl methyl sites for hydroxylation is 1. The number of nitrogens with zero attached hydrogens (tertiary/aromatic N) is 3. The minimum Gasteiger partial charge on any atom is -0.264 e. The van der Waals surface area contributed by atoms with Gasteiger partial charge in [0.05, 0.1) is 5.69 Å². The number of halogens is 1. The minimum absolute atomic E-state index is 0.534. The molecule has 0 bridgehead atoms. The number of rotatable bonds is 2. The summed E-state index contributed by atoms with van der Waals surface area (Å²) < 4.78 is 0. The van der Waals surface area contributed by atoms with Crippen molar-refractivity contribution in [1.82, 2.24) is 15.0 Å². The van der Waals surface area contributed by atoms with E-state index in [4.69, 9.17) is 11.6 Å². The van der Waals surface area contributed by atoms with Crippen molar-refractivity contribution in [3.05, 3.63) is 52.3 Å². The fourth-order valence-electron chi connectivity index (χ4n) is 1.52. The Morgan fingerprint density at radius 1 is 1.25 bits per heavy atom. The first-order chi connectivity index (χ1) is 7.66. The van der Waals surface area contributed by atoms with Gasteiger partial charge in [0, 0.05) is 24.4 Å². The SMILES string of the molecule is Cc1nc(Cl)c(C)c(Cc2cccnc2)n1. The first kappa shape index (κ1) is 11.0. The zero-order valence-corrected chi connectivity index (χ0v) is 9.99. The Morgan fingerprint density at radius 2 is 2.06 bits per heavy atom. The van der Waals surface area contributed by atoms with Crippen molar-refractivity contribution in [3.63, 3.8) is 0 Å². The number of aromatic nitrogens is 3. The lowest BCUT2D eigenvalue weighted by atomic mass is 10.1. The molecule has 2 aromatic heterocycles. The van der Waals surface area contributed by atoms with Gasteiger partial charge >= 0.3 is 0 Å². The molecule has 0 aromatic carbocycles. The second kappa shape index (κ2) is 4.58. The summed E-state index contributed by atoms with van der Waals surface area (Å²) in [6, 6.07) is 3.94. The molecule has 0 amide bonds. The standard InChI is InChI=1S/C12H12ClN3/c1-8-11(15-9(2)16-12(8)13)6-10-4-3-5-14-7-10/h3-5,7H,6H2,1-2H3. The highest BCUT2D eigenvalue weighted by Gasteiger charge is 2.07. The van der Waals surface area contributed by atoms with E-state index in [1.165, 1.54) is 0 Å². The van der Waals surface area contributed by atoms with Crippen molar-refractivity contribution in [2.45, 2.75) is 20.3 Å². The predicted molar refractivity (Wildman–Crippen MR) is 63.6 cm³/mol. The predicted octanol–water partition coefficient (Wildman–Crippen LogP) is 2.73. The van der Waals surface area contributed by atoms with Crippen LogP contribution in [0.15, 0.2) is 24.5 Å². The van der Waals surface area contributed by atoms with Gasteiger partial charge in [-0.3, -0.25) is 4.98 Å². The molecule has 16 heavy (non-hydrogen) atoms. The van der Waals surface area contributed by atoms with E-state index in [2.05, 4.69) is 15.0 Å². The Hall–Kier alpha value is -1.48. The van der Waals surface area contributed by atoms with E-state index in [0.29, 0.717) is 11.0 Å². The van der Waals surface area contributed by atoms with E-state index in [1.807, 2.05) is 32.2 Å². The second-order valence-electron chi connectivity index (χ2n) is 3.67. The van der Waals surface area contributed by atoms with Crippen molar-refractivity contribution < 1.29 is 0 Å². The summed E-state index contributed by atoms with van der Waals surface area (Å²) in [6.45, 7) is 3.78. The molecule has 0 radical (unpaired) electrons. The third-order valence-electron chi connectivity index (χ3n) is 2.39. The highest BCUT2D eigenvalue weighted by atomic mass is 35.5. The Morgan fingerprint density at radius 3 is 2.75 bits per heavy atom. The van der Waals surface area contributed by atoms with Crippen LogP contribution in [0.2, 0.25) is 5.15 Å². The molecule has 0 spiro atoms. The molecule has 0 saturated carbocycles. The second-order valence-corrected chi connectivity index (χ2v) is 4.03. The summed E-state index contributed by atoms with van der Waals surface area (Å²) in [6.07, 6.45) is 4.34. The summed E-state index contributed by atoms with van der Waals surface area (Å²) in [5, 5.41) is 0.534. The van der Waals surface area contributed by atoms with Crippen LogP contribution in [0.3, 0.4) is 0 Å². The molecule has 2 aromatic rings. The van der Waals surface area contributed by atoms with Crippen LogP contribution in [0.1, 0.15) is 22.6 Å². The molecule has 0 N–H and O–H groups in total. The summed E-state index contributed by atoms with van der Waals surface area (Å²) in [5.74, 6) is 0.703. The van der Waals surface area contributed by atoms with Gasteiger partial charge < -0.3 is 0 Å². The van der Waals surface area contributed by atoms with Gasteiger partial charge in [-0.1, -0.05) is 17.7 Å². The van der Waals surface area contributed by atoms with Gasteiger partial charge in [-0.2, -0.15) is 0 Å². The van der Waals surface area contributed by atoms with Gasteiger partial charge in [0.25, 0.3) is 0 Å². The Labute approximate surface area is 99.5 Å². The molecule has 2 rings (SSSR count). The van der Waals surface area contributed by atoms with Crippen molar-refractivity contribution in [1.29, 1.82) is 0 Å². The maximum atomic E-state index is 6.02. The lowest BCUT2D eigenvalue weighted by molar-refractivity contribution is 0.940. The Kier molecular flexibility index (Phi) is 3.15. The molecule has 4 heteroatoms. The average molecular weight is 234 g/mol. The highest BCUT2D eigenvalue weighted by molar-refractivity contribution is 6.30. The van der Waals surface area contributed by atoms with E-state index >= 15 is 0 Å². The Balaban J connectivity index is 2.35. The summed E-state index contributed by atoms with van der Waals surface area (Å²) >= 11 is 6.02. The van der Waals surface area contributed by atoms with E-state index in [0.717, 1.165) is 23.2 Å². The lowest BCUT2D eigenvalue weighted by Crippen LogP contribution is -2.01. The molecule has 0 saturated heterocycles. The van der Waals surface area contributed by atoms with Crippen LogP contribution in [0.25, 0.3) is 0 Å². The van der Waals surface area contributed by atoms with E-state index in [-0.39, 0.29) is 0 Å². The normalized spacial score (nSPS) is 10.4.